The van der Waals surface area contributed by atoms with E-state index < -0.39 is 7.12 Å². The molecule has 138 valence electrons. The molecule has 0 radical (unpaired) electrons. The van der Waals surface area contributed by atoms with Gasteiger partial charge in [-0.15, -0.1) is 0 Å². The molecular weight excluding hydrogens is 341 g/mol. The van der Waals surface area contributed by atoms with Gasteiger partial charge in [0.1, 0.15) is 11.4 Å². The lowest BCUT2D eigenvalue weighted by atomic mass is 9.80. The summed E-state index contributed by atoms with van der Waals surface area (Å²) in [5, 5.41) is 29.1. The number of rotatable bonds is 5. The maximum absolute atomic E-state index is 9.14. The van der Waals surface area contributed by atoms with Gasteiger partial charge in [0.05, 0.1) is 19.2 Å². The van der Waals surface area contributed by atoms with Crippen molar-refractivity contribution in [3.05, 3.63) is 65.7 Å². The largest absolute Gasteiger partial charge is 0.494 e. The first-order valence-electron chi connectivity index (χ1n) is 8.47. The number of hydrogen-bond donors (Lipinski definition) is 3. The van der Waals surface area contributed by atoms with Gasteiger partial charge in [0, 0.05) is 25.2 Å². The van der Waals surface area contributed by atoms with Crippen LogP contribution in [0.1, 0.15) is 24.1 Å². The third kappa shape index (κ3) is 5.53. The minimum absolute atomic E-state index is 0.0145. The van der Waals surface area contributed by atoms with E-state index in [-0.39, 0.29) is 6.04 Å². The number of benzene rings is 2. The fraction of sp³-hybridized carbons (Fsp3) is 0.200. The average molecular weight is 363 g/mol. The van der Waals surface area contributed by atoms with Gasteiger partial charge in [0.25, 0.3) is 0 Å². The zero-order valence-electron chi connectivity index (χ0n) is 15.3. The van der Waals surface area contributed by atoms with Crippen molar-refractivity contribution in [2.45, 2.75) is 19.5 Å². The quantitative estimate of drug-likeness (QED) is 0.706. The molecule has 0 aliphatic carbocycles. The van der Waals surface area contributed by atoms with Crippen LogP contribution in [-0.2, 0) is 6.54 Å². The average Bonchev–Trinajstić information content (AvgIpc) is 2.89. The highest BCUT2D eigenvalue weighted by molar-refractivity contribution is 6.58. The monoisotopic (exact) mass is 363 g/mol. The number of allylic oxidation sites excluding steroid dienone is 1. The molecule has 0 fully saturated rings. The number of nitriles is 1. The van der Waals surface area contributed by atoms with E-state index in [1.165, 1.54) is 6.92 Å². The summed E-state index contributed by atoms with van der Waals surface area (Å²) in [7, 11) is 0.205. The summed E-state index contributed by atoms with van der Waals surface area (Å²) in [6.45, 7) is 2.08. The van der Waals surface area contributed by atoms with Crippen LogP contribution in [0.2, 0.25) is 0 Å². The van der Waals surface area contributed by atoms with Crippen LogP contribution < -0.4 is 15.5 Å². The molecule has 0 bridgehead atoms. The molecular formula is C20H22BN3O3. The van der Waals surface area contributed by atoms with E-state index in [1.54, 1.807) is 31.5 Å². The Hall–Kier alpha value is -2.92. The molecule has 1 unspecified atom stereocenters. The Kier molecular flexibility index (Phi) is 7.77. The Labute approximate surface area is 159 Å². The van der Waals surface area contributed by atoms with Crippen molar-refractivity contribution >= 4 is 24.5 Å². The maximum Gasteiger partial charge on any atom is 0.488 e. The predicted molar refractivity (Wildman–Crippen MR) is 107 cm³/mol. The first-order chi connectivity index (χ1) is 13.1. The molecule has 7 heteroatoms. The van der Waals surface area contributed by atoms with Crippen molar-refractivity contribution in [2.24, 2.45) is 4.99 Å². The third-order valence-corrected chi connectivity index (χ3v) is 3.98. The van der Waals surface area contributed by atoms with Gasteiger partial charge in [-0.3, -0.25) is 4.99 Å². The van der Waals surface area contributed by atoms with Gasteiger partial charge in [-0.2, -0.15) is 5.26 Å². The molecule has 1 heterocycles. The predicted octanol–water partition coefficient (Wildman–Crippen LogP) is 2.01. The fourth-order valence-corrected chi connectivity index (χ4v) is 2.69. The number of nitrogens with one attached hydrogen (secondary N) is 1. The van der Waals surface area contributed by atoms with Gasteiger partial charge in [0.2, 0.25) is 0 Å². The first kappa shape index (κ1) is 20.4. The van der Waals surface area contributed by atoms with E-state index in [4.69, 9.17) is 20.0 Å². The van der Waals surface area contributed by atoms with Gasteiger partial charge in [-0.25, -0.2) is 0 Å². The van der Waals surface area contributed by atoms with Gasteiger partial charge in [-0.05, 0) is 23.2 Å². The fourth-order valence-electron chi connectivity index (χ4n) is 2.69. The zero-order valence-corrected chi connectivity index (χ0v) is 15.3. The number of fused-ring (bicyclic) bond motifs is 1. The van der Waals surface area contributed by atoms with Crippen LogP contribution in [0.25, 0.3) is 0 Å². The lowest BCUT2D eigenvalue weighted by Crippen LogP contribution is -2.29. The molecule has 0 saturated heterocycles. The van der Waals surface area contributed by atoms with Crippen LogP contribution in [0.3, 0.4) is 0 Å². The Morgan fingerprint density at radius 2 is 1.93 bits per heavy atom. The molecule has 3 N–H and O–H groups in total. The van der Waals surface area contributed by atoms with E-state index in [9.17, 15) is 0 Å². The minimum atomic E-state index is -1.44. The van der Waals surface area contributed by atoms with E-state index >= 15 is 0 Å². The second-order valence-electron chi connectivity index (χ2n) is 5.76. The topological polar surface area (TPSA) is 97.9 Å². The summed E-state index contributed by atoms with van der Waals surface area (Å²) in [5.41, 5.74) is 3.43. The third-order valence-electron chi connectivity index (χ3n) is 3.98. The summed E-state index contributed by atoms with van der Waals surface area (Å²) in [6.07, 6.45) is 5.74. The molecule has 6 nitrogen and oxygen atoms in total. The molecule has 1 atom stereocenters. The van der Waals surface area contributed by atoms with Crippen molar-refractivity contribution in [1.82, 2.24) is 5.32 Å². The molecule has 0 aromatic heterocycles. The molecule has 2 aromatic rings. The number of methoxy groups -OCH3 is 1. The van der Waals surface area contributed by atoms with E-state index in [1.807, 2.05) is 36.4 Å². The number of nitrogens with zero attached hydrogens (tertiary/aromatic N) is 2. The summed E-state index contributed by atoms with van der Waals surface area (Å²) in [5.74, 6) is 0.750. The summed E-state index contributed by atoms with van der Waals surface area (Å²) >= 11 is 0. The highest BCUT2D eigenvalue weighted by atomic mass is 16.5. The highest BCUT2D eigenvalue weighted by Gasteiger charge is 2.17. The van der Waals surface area contributed by atoms with Crippen LogP contribution in [-0.4, -0.2) is 30.5 Å². The maximum atomic E-state index is 9.14. The first-order valence-corrected chi connectivity index (χ1v) is 8.47. The Morgan fingerprint density at radius 1 is 1.22 bits per heavy atom. The molecule has 0 amide bonds. The van der Waals surface area contributed by atoms with Crippen molar-refractivity contribution in [3.63, 3.8) is 0 Å². The molecule has 0 spiro atoms. The molecule has 2 aromatic carbocycles. The Bertz CT molecular complexity index is 843. The van der Waals surface area contributed by atoms with E-state index in [0.717, 1.165) is 22.6 Å². The van der Waals surface area contributed by atoms with Crippen LogP contribution >= 0.6 is 0 Å². The Balaban J connectivity index is 0.000000817. The number of ether oxygens (including phenoxy) is 1. The number of aliphatic imine (C=N–C) groups is 1. The van der Waals surface area contributed by atoms with Crippen LogP contribution in [0.4, 0.5) is 5.69 Å². The standard InChI is InChI=1S/C18H19BN2O3.C2H3N/c1-24-17-6-2-4-15-16(5-3-11-20-18(15)17)21-12-13-7-9-14(10-8-13)19(22)23;1-2-3/h2-11,16,21-23H,12H2,1H3;1H3. The number of hydrogen-bond acceptors (Lipinski definition) is 6. The van der Waals surface area contributed by atoms with Crippen LogP contribution in [0, 0.1) is 11.3 Å². The molecule has 1 aliphatic heterocycles. The Morgan fingerprint density at radius 3 is 2.56 bits per heavy atom. The van der Waals surface area contributed by atoms with Crippen molar-refractivity contribution < 1.29 is 14.8 Å². The van der Waals surface area contributed by atoms with Crippen LogP contribution in [0.15, 0.2) is 59.6 Å². The second-order valence-corrected chi connectivity index (χ2v) is 5.76. The zero-order chi connectivity index (χ0) is 19.6. The van der Waals surface area contributed by atoms with Crippen molar-refractivity contribution in [2.75, 3.05) is 7.11 Å². The van der Waals surface area contributed by atoms with Gasteiger partial charge in [-0.1, -0.05) is 42.5 Å². The van der Waals surface area contributed by atoms with E-state index in [0.29, 0.717) is 12.0 Å². The summed E-state index contributed by atoms with van der Waals surface area (Å²) < 4.78 is 5.40. The van der Waals surface area contributed by atoms with Crippen molar-refractivity contribution in [3.8, 4) is 11.8 Å². The molecule has 1 aliphatic rings. The highest BCUT2D eigenvalue weighted by Crippen LogP contribution is 2.36. The second kappa shape index (κ2) is 10.3. The lowest BCUT2D eigenvalue weighted by Gasteiger charge is -2.18. The van der Waals surface area contributed by atoms with Crippen molar-refractivity contribution in [1.29, 1.82) is 5.26 Å². The van der Waals surface area contributed by atoms with E-state index in [2.05, 4.69) is 16.4 Å². The lowest BCUT2D eigenvalue weighted by molar-refractivity contribution is 0.415. The summed E-state index contributed by atoms with van der Waals surface area (Å²) in [4.78, 5) is 4.46. The normalized spacial score (nSPS) is 14.3. The van der Waals surface area contributed by atoms with Gasteiger partial charge < -0.3 is 20.1 Å². The van der Waals surface area contributed by atoms with Gasteiger partial charge in [0.15, 0.2) is 0 Å². The SMILES string of the molecule is CC#N.COc1cccc2c1N=CC=CC2NCc1ccc(B(O)O)cc1. The van der Waals surface area contributed by atoms with Crippen LogP contribution in [0.5, 0.6) is 5.75 Å². The molecule has 27 heavy (non-hydrogen) atoms. The summed E-state index contributed by atoms with van der Waals surface area (Å²) in [6, 6.07) is 14.8. The molecule has 0 saturated carbocycles. The smallest absolute Gasteiger partial charge is 0.488 e. The molecule has 3 rings (SSSR count). The minimum Gasteiger partial charge on any atom is -0.494 e. The van der Waals surface area contributed by atoms with Gasteiger partial charge >= 0.3 is 7.12 Å². The number of para-hydroxylation sites is 1.